The van der Waals surface area contributed by atoms with Crippen molar-refractivity contribution >= 4 is 17.6 Å². The van der Waals surface area contributed by atoms with Crippen molar-refractivity contribution in [3.05, 3.63) is 94.4 Å². The molecule has 4 aromatic rings. The summed E-state index contributed by atoms with van der Waals surface area (Å²) in [6.45, 7) is 5.81. The Bertz CT molecular complexity index is 1370. The minimum atomic E-state index is -1.04. The van der Waals surface area contributed by atoms with Crippen molar-refractivity contribution in [3.8, 4) is 11.1 Å². The van der Waals surface area contributed by atoms with Crippen molar-refractivity contribution in [1.29, 1.82) is 0 Å². The minimum Gasteiger partial charge on any atom is -0.478 e. The molecule has 7 nitrogen and oxygen atoms in total. The van der Waals surface area contributed by atoms with Gasteiger partial charge in [0.2, 0.25) is 0 Å². The molecule has 0 radical (unpaired) electrons. The smallest absolute Gasteiger partial charge is 0.357 e. The number of esters is 1. The van der Waals surface area contributed by atoms with Gasteiger partial charge in [-0.1, -0.05) is 55.5 Å². The Morgan fingerprint density at radius 3 is 2.38 bits per heavy atom. The van der Waals surface area contributed by atoms with Crippen molar-refractivity contribution in [1.82, 2.24) is 9.38 Å². The average molecular weight is 459 g/mol. The zero-order chi connectivity index (χ0) is 24.4. The standard InChI is InChI=1S/C27H26N2O5/c1-4-21-23(27(33)34-5-2)29-22(15-10-16(3)25(29)28-21)24(30)18-13-11-17(12-14-18)19-8-6-7-9-20(19)26(31)32/h6-15,24,30H,4-5H2,1-3H3,(H,31,32)/t24-/m1/s1. The number of fused-ring (bicyclic) bond motifs is 1. The van der Waals surface area contributed by atoms with Crippen molar-refractivity contribution in [2.24, 2.45) is 0 Å². The van der Waals surface area contributed by atoms with Crippen LogP contribution in [0.1, 0.15) is 63.3 Å². The summed E-state index contributed by atoms with van der Waals surface area (Å²) in [6, 6.07) is 17.5. The van der Waals surface area contributed by atoms with Gasteiger partial charge in [-0.25, -0.2) is 14.6 Å². The number of aromatic nitrogens is 2. The molecule has 2 aromatic carbocycles. The Morgan fingerprint density at radius 1 is 1.03 bits per heavy atom. The summed E-state index contributed by atoms with van der Waals surface area (Å²) in [5.41, 5.74) is 5.04. The number of benzene rings is 2. The van der Waals surface area contributed by atoms with E-state index in [1.165, 1.54) is 0 Å². The van der Waals surface area contributed by atoms with Crippen LogP contribution in [0.15, 0.2) is 60.7 Å². The Hall–Kier alpha value is -3.97. The van der Waals surface area contributed by atoms with Gasteiger partial charge in [-0.3, -0.25) is 4.40 Å². The Balaban J connectivity index is 1.80. The van der Waals surface area contributed by atoms with Crippen LogP contribution in [0.4, 0.5) is 0 Å². The number of aryl methyl sites for hydroxylation is 2. The number of imidazole rings is 1. The van der Waals surface area contributed by atoms with Crippen LogP contribution in [-0.4, -0.2) is 38.1 Å². The number of pyridine rings is 1. The Kier molecular flexibility index (Phi) is 6.47. The van der Waals surface area contributed by atoms with Gasteiger partial charge in [0.05, 0.1) is 23.6 Å². The lowest BCUT2D eigenvalue weighted by Gasteiger charge is -2.17. The second-order valence-corrected chi connectivity index (χ2v) is 7.96. The molecule has 0 bridgehead atoms. The summed E-state index contributed by atoms with van der Waals surface area (Å²) in [7, 11) is 0. The lowest BCUT2D eigenvalue weighted by atomic mass is 9.97. The molecule has 2 aromatic heterocycles. The number of carboxylic acid groups (broad SMARTS) is 1. The third-order valence-electron chi connectivity index (χ3n) is 5.84. The minimum absolute atomic E-state index is 0.209. The fourth-order valence-electron chi connectivity index (χ4n) is 4.15. The normalized spacial score (nSPS) is 12.0. The lowest BCUT2D eigenvalue weighted by molar-refractivity contribution is 0.0515. The predicted molar refractivity (Wildman–Crippen MR) is 128 cm³/mol. The molecule has 0 saturated carbocycles. The molecule has 1 atom stereocenters. The van der Waals surface area contributed by atoms with E-state index in [2.05, 4.69) is 4.98 Å². The first-order valence-electron chi connectivity index (χ1n) is 11.2. The number of hydrogen-bond acceptors (Lipinski definition) is 5. The third-order valence-corrected chi connectivity index (χ3v) is 5.84. The molecule has 0 aliphatic carbocycles. The topological polar surface area (TPSA) is 101 Å². The molecule has 0 spiro atoms. The van der Waals surface area contributed by atoms with Crippen LogP contribution in [-0.2, 0) is 11.2 Å². The molecule has 2 N–H and O–H groups in total. The van der Waals surface area contributed by atoms with Crippen LogP contribution in [0.25, 0.3) is 16.8 Å². The number of carbonyl (C=O) groups is 2. The Morgan fingerprint density at radius 2 is 1.74 bits per heavy atom. The molecule has 34 heavy (non-hydrogen) atoms. The van der Waals surface area contributed by atoms with Crippen molar-refractivity contribution in [3.63, 3.8) is 0 Å². The molecule has 0 unspecified atom stereocenters. The number of rotatable bonds is 7. The summed E-state index contributed by atoms with van der Waals surface area (Å²) in [5.74, 6) is -1.48. The maximum Gasteiger partial charge on any atom is 0.357 e. The van der Waals surface area contributed by atoms with Gasteiger partial charge in [-0.15, -0.1) is 0 Å². The first-order chi connectivity index (χ1) is 16.4. The van der Waals surface area contributed by atoms with Gasteiger partial charge in [0.15, 0.2) is 5.69 Å². The number of carboxylic acids is 1. The van der Waals surface area contributed by atoms with E-state index in [9.17, 15) is 19.8 Å². The van der Waals surface area contributed by atoms with E-state index in [1.54, 1.807) is 65.9 Å². The molecule has 2 heterocycles. The van der Waals surface area contributed by atoms with Crippen LogP contribution in [0.5, 0.6) is 0 Å². The summed E-state index contributed by atoms with van der Waals surface area (Å²) in [5, 5.41) is 20.8. The first kappa shape index (κ1) is 23.2. The first-order valence-corrected chi connectivity index (χ1v) is 11.2. The zero-order valence-electron chi connectivity index (χ0n) is 19.3. The van der Waals surface area contributed by atoms with Gasteiger partial charge in [0.1, 0.15) is 11.8 Å². The highest BCUT2D eigenvalue weighted by molar-refractivity contribution is 5.96. The molecule has 7 heteroatoms. The summed E-state index contributed by atoms with van der Waals surface area (Å²) >= 11 is 0. The molecule has 0 fully saturated rings. The number of aliphatic hydroxyl groups excluding tert-OH is 1. The van der Waals surface area contributed by atoms with E-state index < -0.39 is 18.0 Å². The number of ether oxygens (including phenoxy) is 1. The Labute approximate surface area is 197 Å². The highest BCUT2D eigenvalue weighted by Crippen LogP contribution is 2.30. The monoisotopic (exact) mass is 458 g/mol. The molecule has 0 aliphatic rings. The molecule has 0 aliphatic heterocycles. The zero-order valence-corrected chi connectivity index (χ0v) is 19.3. The van der Waals surface area contributed by atoms with E-state index in [1.807, 2.05) is 19.9 Å². The molecule has 174 valence electrons. The van der Waals surface area contributed by atoms with Gasteiger partial charge in [-0.2, -0.15) is 0 Å². The molecule has 4 rings (SSSR count). The van der Waals surface area contributed by atoms with Gasteiger partial charge in [0, 0.05) is 0 Å². The number of aliphatic hydroxyl groups is 1. The molecule has 0 amide bonds. The summed E-state index contributed by atoms with van der Waals surface area (Å²) in [6.07, 6.45) is -0.499. The average Bonchev–Trinajstić information content (AvgIpc) is 3.25. The number of hydrogen-bond donors (Lipinski definition) is 2. The lowest BCUT2D eigenvalue weighted by Crippen LogP contribution is -2.15. The van der Waals surface area contributed by atoms with Crippen LogP contribution in [0.2, 0.25) is 0 Å². The number of carbonyl (C=O) groups excluding carboxylic acids is 1. The maximum absolute atomic E-state index is 12.8. The van der Waals surface area contributed by atoms with E-state index in [0.717, 1.165) is 11.1 Å². The van der Waals surface area contributed by atoms with E-state index >= 15 is 0 Å². The summed E-state index contributed by atoms with van der Waals surface area (Å²) in [4.78, 5) is 29.0. The van der Waals surface area contributed by atoms with Crippen LogP contribution in [0.3, 0.4) is 0 Å². The highest BCUT2D eigenvalue weighted by atomic mass is 16.5. The van der Waals surface area contributed by atoms with Gasteiger partial charge in [0.25, 0.3) is 0 Å². The summed E-state index contributed by atoms with van der Waals surface area (Å²) < 4.78 is 6.97. The predicted octanol–water partition coefficient (Wildman–Crippen LogP) is 4.83. The van der Waals surface area contributed by atoms with Gasteiger partial charge >= 0.3 is 11.9 Å². The van der Waals surface area contributed by atoms with Crippen molar-refractivity contribution in [2.45, 2.75) is 33.3 Å². The van der Waals surface area contributed by atoms with Crippen LogP contribution < -0.4 is 0 Å². The number of nitrogens with zero attached hydrogens (tertiary/aromatic N) is 2. The highest BCUT2D eigenvalue weighted by Gasteiger charge is 2.25. The second-order valence-electron chi connectivity index (χ2n) is 7.96. The maximum atomic E-state index is 12.8. The number of aromatic carboxylic acids is 1. The van der Waals surface area contributed by atoms with Crippen LogP contribution in [0, 0.1) is 6.92 Å². The van der Waals surface area contributed by atoms with E-state index in [-0.39, 0.29) is 12.2 Å². The SMILES string of the molecule is CCOC(=O)c1c(CC)nc2c(C)ccc([C@H](O)c3ccc(-c4ccccc4C(=O)O)cc3)n12. The van der Waals surface area contributed by atoms with Crippen molar-refractivity contribution < 1.29 is 24.5 Å². The molecule has 0 saturated heterocycles. The molecular formula is C27H26N2O5. The van der Waals surface area contributed by atoms with Crippen molar-refractivity contribution in [2.75, 3.05) is 6.61 Å². The fourth-order valence-corrected chi connectivity index (χ4v) is 4.15. The second kappa shape index (κ2) is 9.49. The fraction of sp³-hybridized carbons (Fsp3) is 0.222. The third kappa shape index (κ3) is 4.06. The van der Waals surface area contributed by atoms with E-state index in [4.69, 9.17) is 4.74 Å². The largest absolute Gasteiger partial charge is 0.478 e. The van der Waals surface area contributed by atoms with Gasteiger partial charge < -0.3 is 14.9 Å². The van der Waals surface area contributed by atoms with E-state index in [0.29, 0.717) is 40.3 Å². The van der Waals surface area contributed by atoms with Gasteiger partial charge in [-0.05, 0) is 54.7 Å². The van der Waals surface area contributed by atoms with Crippen LogP contribution >= 0.6 is 0 Å². The molecular weight excluding hydrogens is 432 g/mol. The quantitative estimate of drug-likeness (QED) is 0.385.